The largest absolute Gasteiger partial charge is 0.459 e. The molecule has 3 aliphatic carbocycles. The smallest absolute Gasteiger partial charge is 0.287 e. The first kappa shape index (κ1) is 34.8. The maximum Gasteiger partial charge on any atom is 0.287 e. The topological polar surface area (TPSA) is 176 Å². The first-order chi connectivity index (χ1) is 25.6. The van der Waals surface area contributed by atoms with E-state index in [2.05, 4.69) is 20.5 Å². The zero-order valence-corrected chi connectivity index (χ0v) is 29.8. The van der Waals surface area contributed by atoms with Gasteiger partial charge < -0.3 is 24.8 Å². The summed E-state index contributed by atoms with van der Waals surface area (Å²) in [6.07, 6.45) is 8.94. The molecule has 3 N–H and O–H groups in total. The number of oxime groups is 1. The number of amides is 4. The lowest BCUT2D eigenvalue weighted by molar-refractivity contribution is -0.141. The highest BCUT2D eigenvalue weighted by atomic mass is 32.2. The minimum Gasteiger partial charge on any atom is -0.459 e. The molecular formula is C39H41N5O8S. The van der Waals surface area contributed by atoms with Crippen LogP contribution in [0, 0.1) is 5.92 Å². The van der Waals surface area contributed by atoms with Crippen LogP contribution in [-0.2, 0) is 29.2 Å². The summed E-state index contributed by atoms with van der Waals surface area (Å²) >= 11 is 0. The number of benzene rings is 2. The molecule has 13 nitrogen and oxygen atoms in total. The molecule has 0 bridgehead atoms. The van der Waals surface area contributed by atoms with Gasteiger partial charge in [-0.15, -0.1) is 0 Å². The van der Waals surface area contributed by atoms with Crippen molar-refractivity contribution in [3.05, 3.63) is 96.0 Å². The monoisotopic (exact) mass is 739 g/mol. The van der Waals surface area contributed by atoms with E-state index >= 15 is 0 Å². The Morgan fingerprint density at radius 3 is 2.32 bits per heavy atom. The Labute approximate surface area is 307 Å². The summed E-state index contributed by atoms with van der Waals surface area (Å²) in [6.45, 7) is -0.0112. The maximum absolute atomic E-state index is 14.5. The van der Waals surface area contributed by atoms with E-state index in [1.807, 2.05) is 60.7 Å². The molecule has 3 aromatic rings. The molecule has 2 aliphatic heterocycles. The van der Waals surface area contributed by atoms with Crippen molar-refractivity contribution in [3.63, 3.8) is 0 Å². The predicted molar refractivity (Wildman–Crippen MR) is 194 cm³/mol. The van der Waals surface area contributed by atoms with Crippen LogP contribution in [0.4, 0.5) is 0 Å². The highest BCUT2D eigenvalue weighted by molar-refractivity contribution is 7.91. The summed E-state index contributed by atoms with van der Waals surface area (Å²) in [4.78, 5) is 63.2. The fourth-order valence-electron chi connectivity index (χ4n) is 7.70. The molecule has 4 amide bonds. The van der Waals surface area contributed by atoms with Crippen molar-refractivity contribution in [2.75, 3.05) is 6.54 Å². The quantitative estimate of drug-likeness (QED) is 0.189. The van der Waals surface area contributed by atoms with Gasteiger partial charge in [0.15, 0.2) is 5.76 Å². The lowest BCUT2D eigenvalue weighted by Gasteiger charge is -2.29. The zero-order valence-electron chi connectivity index (χ0n) is 29.0. The number of hydrogen-bond donors (Lipinski definition) is 3. The molecule has 0 spiro atoms. The molecule has 53 heavy (non-hydrogen) atoms. The number of furan rings is 1. The van der Waals surface area contributed by atoms with Crippen molar-refractivity contribution in [2.45, 2.75) is 86.8 Å². The number of sulfonamides is 1. The Balaban J connectivity index is 1.10. The molecular weight excluding hydrogens is 699 g/mol. The van der Waals surface area contributed by atoms with Gasteiger partial charge in [0.25, 0.3) is 11.8 Å². The first-order valence-electron chi connectivity index (χ1n) is 18.3. The van der Waals surface area contributed by atoms with E-state index < -0.39 is 68.5 Å². The highest BCUT2D eigenvalue weighted by Gasteiger charge is 2.62. The van der Waals surface area contributed by atoms with Crippen molar-refractivity contribution < 1.29 is 36.9 Å². The molecule has 276 valence electrons. The molecule has 2 unspecified atom stereocenters. The summed E-state index contributed by atoms with van der Waals surface area (Å²) in [5, 5.41) is 9.68. The van der Waals surface area contributed by atoms with Crippen molar-refractivity contribution >= 4 is 39.4 Å². The van der Waals surface area contributed by atoms with Gasteiger partial charge in [-0.3, -0.25) is 23.9 Å². The average molecular weight is 740 g/mol. The molecule has 3 heterocycles. The molecule has 14 heteroatoms. The number of nitrogens with one attached hydrogen (secondary N) is 3. The van der Waals surface area contributed by atoms with E-state index in [-0.39, 0.29) is 25.1 Å². The third kappa shape index (κ3) is 6.87. The second kappa shape index (κ2) is 14.0. The second-order valence-electron chi connectivity index (χ2n) is 14.5. The van der Waals surface area contributed by atoms with Crippen LogP contribution in [-0.4, -0.2) is 78.2 Å². The minimum atomic E-state index is -3.88. The number of carbonyl (C=O) groups excluding carboxylic acids is 4. The van der Waals surface area contributed by atoms with E-state index in [0.29, 0.717) is 37.8 Å². The number of fused-ring (bicyclic) bond motifs is 5. The van der Waals surface area contributed by atoms with Crippen LogP contribution < -0.4 is 15.4 Å². The van der Waals surface area contributed by atoms with Crippen LogP contribution in [0.2, 0.25) is 0 Å². The molecule has 0 radical (unpaired) electrons. The highest BCUT2D eigenvalue weighted by Crippen LogP contribution is 2.46. The van der Waals surface area contributed by atoms with Crippen LogP contribution >= 0.6 is 0 Å². The second-order valence-corrected chi connectivity index (χ2v) is 16.5. The van der Waals surface area contributed by atoms with Crippen molar-refractivity contribution in [2.24, 2.45) is 11.1 Å². The van der Waals surface area contributed by atoms with Gasteiger partial charge in [-0.05, 0) is 61.8 Å². The van der Waals surface area contributed by atoms with Gasteiger partial charge in [0.2, 0.25) is 21.8 Å². The lowest BCUT2D eigenvalue weighted by Crippen LogP contribution is -2.58. The first-order valence-corrected chi connectivity index (χ1v) is 19.8. The van der Waals surface area contributed by atoms with Gasteiger partial charge >= 0.3 is 0 Å². The summed E-state index contributed by atoms with van der Waals surface area (Å²) in [5.41, 5.74) is 2.99. The van der Waals surface area contributed by atoms with Crippen molar-refractivity contribution in [1.29, 1.82) is 0 Å². The Morgan fingerprint density at radius 1 is 0.925 bits per heavy atom. The van der Waals surface area contributed by atoms with Crippen LogP contribution in [0.5, 0.6) is 0 Å². The number of nitrogens with zero attached hydrogens (tertiary/aromatic N) is 2. The van der Waals surface area contributed by atoms with E-state index in [1.54, 1.807) is 6.07 Å². The van der Waals surface area contributed by atoms with Crippen LogP contribution in [0.3, 0.4) is 0 Å². The van der Waals surface area contributed by atoms with E-state index in [0.717, 1.165) is 35.1 Å². The predicted octanol–water partition coefficient (Wildman–Crippen LogP) is 3.80. The lowest BCUT2D eigenvalue weighted by atomic mass is 10.0. The Bertz CT molecular complexity index is 2060. The SMILES string of the molecule is O=C(N[C@H]1CCCCC/C=C\C2CC2(C(=O)NS(=O)(=O)C2CC2)NC(=O)[C@@H]2C[C@@H](ON=C3c4ccccc4-c4ccccc43)CN2C1=O)c1ccco1. The normalized spacial score (nSPS) is 27.5. The van der Waals surface area contributed by atoms with E-state index in [9.17, 15) is 27.6 Å². The third-order valence-corrected chi connectivity index (χ3v) is 12.7. The Kier molecular flexibility index (Phi) is 9.17. The molecule has 2 saturated carbocycles. The number of rotatable bonds is 7. The molecule has 1 saturated heterocycles. The summed E-state index contributed by atoms with van der Waals surface area (Å²) in [5.74, 6) is -2.80. The summed E-state index contributed by atoms with van der Waals surface area (Å²) in [6, 6.07) is 16.8. The Hall–Kier alpha value is -5.24. The number of carbonyl (C=O) groups is 4. The molecule has 5 atom stereocenters. The maximum atomic E-state index is 14.5. The molecule has 2 aromatic carbocycles. The van der Waals surface area contributed by atoms with Crippen LogP contribution in [0.15, 0.2) is 88.7 Å². The van der Waals surface area contributed by atoms with Crippen molar-refractivity contribution in [1.82, 2.24) is 20.3 Å². The van der Waals surface area contributed by atoms with Crippen molar-refractivity contribution in [3.8, 4) is 11.1 Å². The van der Waals surface area contributed by atoms with Gasteiger partial charge in [-0.25, -0.2) is 8.42 Å². The molecule has 8 rings (SSSR count). The summed E-state index contributed by atoms with van der Waals surface area (Å²) < 4.78 is 33.1. The van der Waals surface area contributed by atoms with Gasteiger partial charge in [0.1, 0.15) is 29.4 Å². The van der Waals surface area contributed by atoms with Gasteiger partial charge in [-0.2, -0.15) is 0 Å². The fourth-order valence-corrected chi connectivity index (χ4v) is 9.06. The molecule has 5 aliphatic rings. The zero-order chi connectivity index (χ0) is 36.7. The van der Waals surface area contributed by atoms with Crippen LogP contribution in [0.25, 0.3) is 11.1 Å². The van der Waals surface area contributed by atoms with E-state index in [1.165, 1.54) is 17.2 Å². The summed E-state index contributed by atoms with van der Waals surface area (Å²) in [7, 11) is -3.88. The third-order valence-electron chi connectivity index (χ3n) is 10.8. The molecule has 3 fully saturated rings. The van der Waals surface area contributed by atoms with Gasteiger partial charge in [0.05, 0.1) is 18.1 Å². The molecule has 1 aromatic heterocycles. The van der Waals surface area contributed by atoms with Gasteiger partial charge in [0, 0.05) is 23.5 Å². The fraction of sp³-hybridized carbons (Fsp3) is 0.410. The standard InChI is InChI=1S/C39H41N5O8S/c45-35-32-21-25(52-42-34-29-14-8-6-12-27(29)28-13-7-9-15-30(28)34)23-44(32)37(47)31(40-36(46)33-17-10-20-51-33)16-5-3-1-2-4-11-24-22-39(24,41-35)38(48)43-53(49,50)26-18-19-26/h4,6-15,17,20,24-26,31-32H,1-3,5,16,18-19,21-23H2,(H,40,46)(H,41,45)(H,43,48)/b11-4-/t24?,25-,31+,32+,39?/m1/s1. The van der Waals surface area contributed by atoms with Crippen LogP contribution in [0.1, 0.15) is 79.5 Å². The number of hydrogen-bond acceptors (Lipinski definition) is 9. The minimum absolute atomic E-state index is 0.0112. The Morgan fingerprint density at radius 2 is 1.64 bits per heavy atom. The number of allylic oxidation sites excluding steroid dienone is 1. The van der Waals surface area contributed by atoms with Gasteiger partial charge in [-0.1, -0.05) is 78.7 Å². The average Bonchev–Trinajstić information content (AvgIpc) is 3.96. The van der Waals surface area contributed by atoms with E-state index in [4.69, 9.17) is 9.25 Å².